The van der Waals surface area contributed by atoms with Gasteiger partial charge in [0.1, 0.15) is 0 Å². The Morgan fingerprint density at radius 1 is 1.28 bits per heavy atom. The van der Waals surface area contributed by atoms with Crippen LogP contribution in [-0.2, 0) is 0 Å². The first kappa shape index (κ1) is 11.8. The van der Waals surface area contributed by atoms with Crippen molar-refractivity contribution in [1.29, 1.82) is 0 Å². The molecule has 0 aliphatic heterocycles. The van der Waals surface area contributed by atoms with Gasteiger partial charge in [-0.3, -0.25) is 0 Å². The molecule has 2 fully saturated rings. The highest BCUT2D eigenvalue weighted by Gasteiger charge is 2.41. The smallest absolute Gasteiger partial charge is 0.337 e. The van der Waals surface area contributed by atoms with Gasteiger partial charge in [0, 0.05) is 16.8 Å². The van der Waals surface area contributed by atoms with Crippen LogP contribution in [0, 0.1) is 11.8 Å². The van der Waals surface area contributed by atoms with Crippen molar-refractivity contribution in [2.24, 2.45) is 11.8 Å². The van der Waals surface area contributed by atoms with E-state index in [0.29, 0.717) is 16.8 Å². The van der Waals surface area contributed by atoms with Crippen LogP contribution in [-0.4, -0.2) is 17.1 Å². The van der Waals surface area contributed by atoms with E-state index in [-0.39, 0.29) is 5.56 Å². The van der Waals surface area contributed by atoms with Gasteiger partial charge in [0.25, 0.3) is 0 Å². The highest BCUT2D eigenvalue weighted by molar-refractivity contribution is 6.31. The SMILES string of the molecule is O=C(O)c1cc(Cl)ccc1NC(C1CC1)C1CC1. The third kappa shape index (κ3) is 2.46. The molecule has 0 saturated heterocycles. The van der Waals surface area contributed by atoms with Crippen LogP contribution in [0.4, 0.5) is 5.69 Å². The maximum absolute atomic E-state index is 11.2. The molecule has 3 rings (SSSR count). The Kier molecular flexibility index (Phi) is 2.94. The molecule has 4 heteroatoms. The summed E-state index contributed by atoms with van der Waals surface area (Å²) in [5, 5.41) is 13.1. The number of hydrogen-bond acceptors (Lipinski definition) is 2. The van der Waals surface area contributed by atoms with Gasteiger partial charge in [0.15, 0.2) is 0 Å². The van der Waals surface area contributed by atoms with E-state index >= 15 is 0 Å². The normalized spacial score (nSPS) is 19.0. The zero-order chi connectivity index (χ0) is 12.7. The number of carbonyl (C=O) groups is 1. The van der Waals surface area contributed by atoms with Crippen molar-refractivity contribution in [1.82, 2.24) is 0 Å². The molecule has 0 aromatic heterocycles. The number of halogens is 1. The summed E-state index contributed by atoms with van der Waals surface area (Å²) >= 11 is 5.86. The van der Waals surface area contributed by atoms with Gasteiger partial charge in [-0.1, -0.05) is 11.6 Å². The van der Waals surface area contributed by atoms with Crippen molar-refractivity contribution in [2.75, 3.05) is 5.32 Å². The van der Waals surface area contributed by atoms with Crippen LogP contribution >= 0.6 is 11.6 Å². The van der Waals surface area contributed by atoms with E-state index in [1.54, 1.807) is 12.1 Å². The lowest BCUT2D eigenvalue weighted by atomic mass is 10.1. The molecule has 0 amide bonds. The molecular weight excluding hydrogens is 250 g/mol. The van der Waals surface area contributed by atoms with Crippen LogP contribution in [0.15, 0.2) is 18.2 Å². The second-order valence-electron chi connectivity index (χ2n) is 5.34. The van der Waals surface area contributed by atoms with E-state index < -0.39 is 5.97 Å². The molecule has 0 spiro atoms. The summed E-state index contributed by atoms with van der Waals surface area (Å²) in [7, 11) is 0. The molecule has 2 aliphatic carbocycles. The number of nitrogens with one attached hydrogen (secondary N) is 1. The van der Waals surface area contributed by atoms with Crippen LogP contribution < -0.4 is 5.32 Å². The minimum absolute atomic E-state index is 0.272. The van der Waals surface area contributed by atoms with Gasteiger partial charge in [-0.2, -0.15) is 0 Å². The van der Waals surface area contributed by atoms with Gasteiger partial charge in [-0.25, -0.2) is 4.79 Å². The van der Waals surface area contributed by atoms with Gasteiger partial charge in [-0.15, -0.1) is 0 Å². The standard InChI is InChI=1S/C14H16ClNO2/c15-10-5-6-12(11(7-10)14(17)18)16-13(8-1-2-8)9-3-4-9/h5-9,13,16H,1-4H2,(H,17,18). The van der Waals surface area contributed by atoms with E-state index in [1.807, 2.05) is 0 Å². The lowest BCUT2D eigenvalue weighted by Crippen LogP contribution is -2.25. The maximum Gasteiger partial charge on any atom is 0.337 e. The van der Waals surface area contributed by atoms with E-state index in [2.05, 4.69) is 5.32 Å². The Morgan fingerprint density at radius 2 is 1.89 bits per heavy atom. The molecule has 2 saturated carbocycles. The predicted octanol–water partition coefficient (Wildman–Crippen LogP) is 3.64. The van der Waals surface area contributed by atoms with Crippen molar-refractivity contribution in [3.8, 4) is 0 Å². The third-order valence-electron chi connectivity index (χ3n) is 3.79. The number of anilines is 1. The largest absolute Gasteiger partial charge is 0.478 e. The molecule has 0 heterocycles. The Labute approximate surface area is 111 Å². The molecule has 2 aliphatic rings. The van der Waals surface area contributed by atoms with Crippen LogP contribution in [0.3, 0.4) is 0 Å². The van der Waals surface area contributed by atoms with Crippen LogP contribution in [0.2, 0.25) is 5.02 Å². The van der Waals surface area contributed by atoms with Crippen LogP contribution in [0.1, 0.15) is 36.0 Å². The number of carboxylic acids is 1. The molecule has 0 atom stereocenters. The molecule has 1 aromatic carbocycles. The van der Waals surface area contributed by atoms with Crippen molar-refractivity contribution >= 4 is 23.3 Å². The highest BCUT2D eigenvalue weighted by atomic mass is 35.5. The second-order valence-corrected chi connectivity index (χ2v) is 5.78. The minimum atomic E-state index is -0.926. The van der Waals surface area contributed by atoms with Crippen molar-refractivity contribution in [2.45, 2.75) is 31.7 Å². The number of aromatic carboxylic acids is 1. The number of carboxylic acid groups (broad SMARTS) is 1. The van der Waals surface area contributed by atoms with Crippen molar-refractivity contribution in [3.05, 3.63) is 28.8 Å². The molecule has 1 aromatic rings. The Bertz CT molecular complexity index is 469. The van der Waals surface area contributed by atoms with E-state index in [1.165, 1.54) is 31.7 Å². The molecule has 0 unspecified atom stereocenters. The topological polar surface area (TPSA) is 49.3 Å². The Hall–Kier alpha value is -1.22. The summed E-state index contributed by atoms with van der Waals surface area (Å²) < 4.78 is 0. The number of benzene rings is 1. The van der Waals surface area contributed by atoms with Crippen LogP contribution in [0.25, 0.3) is 0 Å². The average Bonchev–Trinajstić information content (AvgIpc) is 3.19. The Morgan fingerprint density at radius 3 is 2.39 bits per heavy atom. The first-order valence-corrected chi connectivity index (χ1v) is 6.82. The average molecular weight is 266 g/mol. The summed E-state index contributed by atoms with van der Waals surface area (Å²) in [5.41, 5.74) is 0.976. The minimum Gasteiger partial charge on any atom is -0.478 e. The summed E-state index contributed by atoms with van der Waals surface area (Å²) in [6, 6.07) is 5.49. The molecule has 18 heavy (non-hydrogen) atoms. The van der Waals surface area contributed by atoms with Crippen molar-refractivity contribution in [3.63, 3.8) is 0 Å². The maximum atomic E-state index is 11.2. The molecule has 2 N–H and O–H groups in total. The molecule has 3 nitrogen and oxygen atoms in total. The first-order valence-electron chi connectivity index (χ1n) is 6.44. The quantitative estimate of drug-likeness (QED) is 0.855. The van der Waals surface area contributed by atoms with Gasteiger partial charge >= 0.3 is 5.97 Å². The van der Waals surface area contributed by atoms with E-state index in [0.717, 1.165) is 11.8 Å². The van der Waals surface area contributed by atoms with Crippen LogP contribution in [0.5, 0.6) is 0 Å². The number of hydrogen-bond donors (Lipinski definition) is 2. The number of rotatable bonds is 5. The van der Waals surface area contributed by atoms with E-state index in [4.69, 9.17) is 11.6 Å². The zero-order valence-electron chi connectivity index (χ0n) is 10.0. The van der Waals surface area contributed by atoms with Gasteiger partial charge in [0.2, 0.25) is 0 Å². The monoisotopic (exact) mass is 265 g/mol. The fourth-order valence-corrected chi connectivity index (χ4v) is 2.70. The van der Waals surface area contributed by atoms with Gasteiger partial charge in [0.05, 0.1) is 5.56 Å². The summed E-state index contributed by atoms with van der Waals surface area (Å²) in [5.74, 6) is 0.537. The third-order valence-corrected chi connectivity index (χ3v) is 4.03. The van der Waals surface area contributed by atoms with E-state index in [9.17, 15) is 9.90 Å². The molecule has 0 bridgehead atoms. The lowest BCUT2D eigenvalue weighted by Gasteiger charge is -2.20. The predicted molar refractivity (Wildman–Crippen MR) is 71.3 cm³/mol. The molecule has 96 valence electrons. The lowest BCUT2D eigenvalue weighted by molar-refractivity contribution is 0.0698. The zero-order valence-corrected chi connectivity index (χ0v) is 10.8. The van der Waals surface area contributed by atoms with Crippen molar-refractivity contribution < 1.29 is 9.90 Å². The van der Waals surface area contributed by atoms with Gasteiger partial charge in [-0.05, 0) is 55.7 Å². The van der Waals surface area contributed by atoms with Gasteiger partial charge < -0.3 is 10.4 Å². The highest BCUT2D eigenvalue weighted by Crippen LogP contribution is 2.46. The summed E-state index contributed by atoms with van der Waals surface area (Å²) in [4.78, 5) is 11.2. The first-order chi connectivity index (χ1) is 8.65. The Balaban J connectivity index is 1.84. The fraction of sp³-hybridized carbons (Fsp3) is 0.500. The summed E-state index contributed by atoms with van der Waals surface area (Å²) in [6.45, 7) is 0. The fourth-order valence-electron chi connectivity index (χ4n) is 2.53. The molecule has 0 radical (unpaired) electrons. The second kappa shape index (κ2) is 4.47. The summed E-state index contributed by atoms with van der Waals surface area (Å²) in [6.07, 6.45) is 5.07. The molecular formula is C14H16ClNO2.